The van der Waals surface area contributed by atoms with Crippen LogP contribution in [0.4, 0.5) is 0 Å². The van der Waals surface area contributed by atoms with Crippen LogP contribution in [0.5, 0.6) is 0 Å². The van der Waals surface area contributed by atoms with E-state index in [0.717, 1.165) is 12.8 Å². The molecule has 2 rings (SSSR count). The summed E-state index contributed by atoms with van der Waals surface area (Å²) in [6.45, 7) is 0. The van der Waals surface area contributed by atoms with Crippen LogP contribution in [0.1, 0.15) is 25.3 Å². The Morgan fingerprint density at radius 3 is 3.00 bits per heavy atom. The number of amides is 1. The number of carbonyl (C=O) groups excluding carboxylic acids is 1. The Bertz CT molecular complexity index is 547. The Balaban J connectivity index is 1.84. The molecule has 7 nitrogen and oxygen atoms in total. The van der Waals surface area contributed by atoms with E-state index in [1.165, 1.54) is 11.8 Å². The minimum atomic E-state index is -1.14. The molecule has 20 heavy (non-hydrogen) atoms. The fraction of sp³-hybridized carbons (Fsp3) is 0.500. The quantitative estimate of drug-likeness (QED) is 0.554. The first kappa shape index (κ1) is 14.4. The molecule has 1 aromatic heterocycles. The molecular formula is C12H14N4O3S. The maximum Gasteiger partial charge on any atom is 0.327 e. The Kier molecular flexibility index (Phi) is 4.63. The molecule has 1 aliphatic carbocycles. The number of thioether (sulfide) groups is 1. The van der Waals surface area contributed by atoms with Crippen LogP contribution >= 0.6 is 11.8 Å². The van der Waals surface area contributed by atoms with Crippen LogP contribution in [-0.4, -0.2) is 43.5 Å². The highest BCUT2D eigenvalue weighted by Gasteiger charge is 2.26. The molecule has 0 aliphatic heterocycles. The van der Waals surface area contributed by atoms with Crippen molar-refractivity contribution in [2.45, 2.75) is 36.5 Å². The van der Waals surface area contributed by atoms with Crippen molar-refractivity contribution < 1.29 is 14.7 Å². The number of aliphatic carboxylic acids is 1. The van der Waals surface area contributed by atoms with Crippen LogP contribution in [0.3, 0.4) is 0 Å². The van der Waals surface area contributed by atoms with Crippen molar-refractivity contribution >= 4 is 23.6 Å². The predicted octanol–water partition coefficient (Wildman–Crippen LogP) is 0.298. The summed E-state index contributed by atoms with van der Waals surface area (Å²) < 4.78 is 1.94. The van der Waals surface area contributed by atoms with Crippen molar-refractivity contribution in [2.75, 3.05) is 5.75 Å². The first-order valence-corrected chi connectivity index (χ1v) is 7.08. The van der Waals surface area contributed by atoms with Gasteiger partial charge in [0.05, 0.1) is 5.75 Å². The standard InChI is InChI=1S/C12H14N4O3S/c1-2-3-9(11(18)19)14-10(17)6-20-12-15-13-7-16(12)8-4-5-8/h1,7-9H,3-6H2,(H,14,17)(H,18,19). The lowest BCUT2D eigenvalue weighted by Crippen LogP contribution is -2.41. The van der Waals surface area contributed by atoms with Gasteiger partial charge in [0, 0.05) is 12.5 Å². The average molecular weight is 294 g/mol. The third-order valence-electron chi connectivity index (χ3n) is 2.77. The molecule has 0 aromatic carbocycles. The molecule has 0 bridgehead atoms. The van der Waals surface area contributed by atoms with Gasteiger partial charge in [0.15, 0.2) is 5.16 Å². The summed E-state index contributed by atoms with van der Waals surface area (Å²) in [4.78, 5) is 22.6. The number of carbonyl (C=O) groups is 2. The van der Waals surface area contributed by atoms with Crippen molar-refractivity contribution in [3.05, 3.63) is 6.33 Å². The molecule has 1 aliphatic rings. The van der Waals surface area contributed by atoms with Crippen LogP contribution in [0.2, 0.25) is 0 Å². The van der Waals surface area contributed by atoms with Crippen molar-refractivity contribution in [1.82, 2.24) is 20.1 Å². The molecule has 1 fully saturated rings. The zero-order valence-electron chi connectivity index (χ0n) is 10.7. The minimum absolute atomic E-state index is 0.0377. The first-order chi connectivity index (χ1) is 9.61. The molecule has 1 heterocycles. The normalized spacial score (nSPS) is 15.3. The monoisotopic (exact) mass is 294 g/mol. The van der Waals surface area contributed by atoms with Crippen LogP contribution in [0.25, 0.3) is 0 Å². The number of hydrogen-bond acceptors (Lipinski definition) is 5. The average Bonchev–Trinajstić information content (AvgIpc) is 3.14. The lowest BCUT2D eigenvalue weighted by Gasteiger charge is -2.11. The number of hydrogen-bond donors (Lipinski definition) is 2. The molecule has 0 spiro atoms. The minimum Gasteiger partial charge on any atom is -0.480 e. The van der Waals surface area contributed by atoms with E-state index in [2.05, 4.69) is 21.4 Å². The summed E-state index contributed by atoms with van der Waals surface area (Å²) in [5.41, 5.74) is 0. The van der Waals surface area contributed by atoms with Gasteiger partial charge >= 0.3 is 5.97 Å². The Morgan fingerprint density at radius 2 is 2.40 bits per heavy atom. The van der Waals surface area contributed by atoms with E-state index in [0.29, 0.717) is 11.2 Å². The highest BCUT2D eigenvalue weighted by atomic mass is 32.2. The molecule has 2 N–H and O–H groups in total. The molecule has 8 heteroatoms. The third-order valence-corrected chi connectivity index (χ3v) is 3.73. The largest absolute Gasteiger partial charge is 0.480 e. The van der Waals surface area contributed by atoms with Crippen LogP contribution in [0.15, 0.2) is 11.5 Å². The second kappa shape index (κ2) is 6.43. The van der Waals surface area contributed by atoms with Gasteiger partial charge < -0.3 is 15.0 Å². The van der Waals surface area contributed by atoms with E-state index in [-0.39, 0.29) is 18.1 Å². The van der Waals surface area contributed by atoms with Gasteiger partial charge in [-0.25, -0.2) is 4.79 Å². The molecule has 0 saturated heterocycles. The lowest BCUT2D eigenvalue weighted by atomic mass is 10.2. The van der Waals surface area contributed by atoms with Gasteiger partial charge in [-0.2, -0.15) is 0 Å². The highest BCUT2D eigenvalue weighted by molar-refractivity contribution is 7.99. The Labute approximate surface area is 120 Å². The summed E-state index contributed by atoms with van der Waals surface area (Å²) in [6, 6.07) is -0.613. The van der Waals surface area contributed by atoms with Gasteiger partial charge in [-0.3, -0.25) is 4.79 Å². The molecule has 1 aromatic rings. The zero-order valence-corrected chi connectivity index (χ0v) is 11.5. The Hall–Kier alpha value is -2.01. The predicted molar refractivity (Wildman–Crippen MR) is 72.0 cm³/mol. The zero-order chi connectivity index (χ0) is 14.5. The molecule has 0 radical (unpaired) electrons. The highest BCUT2D eigenvalue weighted by Crippen LogP contribution is 2.37. The molecule has 1 unspecified atom stereocenters. The number of carboxylic acid groups (broad SMARTS) is 1. The first-order valence-electron chi connectivity index (χ1n) is 6.09. The van der Waals surface area contributed by atoms with Gasteiger partial charge in [0.2, 0.25) is 5.91 Å². The number of nitrogens with zero attached hydrogens (tertiary/aromatic N) is 3. The summed E-state index contributed by atoms with van der Waals surface area (Å²) >= 11 is 1.23. The van der Waals surface area contributed by atoms with E-state index in [9.17, 15) is 9.59 Å². The smallest absolute Gasteiger partial charge is 0.327 e. The van der Waals surface area contributed by atoms with Crippen LogP contribution in [0, 0.1) is 12.3 Å². The number of nitrogens with one attached hydrogen (secondary N) is 1. The fourth-order valence-corrected chi connectivity index (χ4v) is 2.42. The second-order valence-corrected chi connectivity index (χ2v) is 5.35. The second-order valence-electron chi connectivity index (χ2n) is 4.41. The van der Waals surface area contributed by atoms with Crippen molar-refractivity contribution in [2.24, 2.45) is 0 Å². The number of aromatic nitrogens is 3. The summed E-state index contributed by atoms with van der Waals surface area (Å²) in [5, 5.41) is 19.7. The van der Waals surface area contributed by atoms with Crippen LogP contribution in [-0.2, 0) is 9.59 Å². The number of rotatable bonds is 7. The van der Waals surface area contributed by atoms with Gasteiger partial charge in [-0.05, 0) is 12.8 Å². The van der Waals surface area contributed by atoms with Crippen LogP contribution < -0.4 is 5.32 Å². The number of terminal acetylenes is 1. The van der Waals surface area contributed by atoms with E-state index < -0.39 is 12.0 Å². The Morgan fingerprint density at radius 1 is 1.65 bits per heavy atom. The van der Waals surface area contributed by atoms with Gasteiger partial charge in [-0.1, -0.05) is 11.8 Å². The van der Waals surface area contributed by atoms with E-state index in [1.807, 2.05) is 4.57 Å². The fourth-order valence-electron chi connectivity index (χ4n) is 1.62. The lowest BCUT2D eigenvalue weighted by molar-refractivity contribution is -0.141. The van der Waals surface area contributed by atoms with Gasteiger partial charge in [0.1, 0.15) is 12.4 Å². The van der Waals surface area contributed by atoms with Gasteiger partial charge in [0.25, 0.3) is 0 Å². The van der Waals surface area contributed by atoms with E-state index in [4.69, 9.17) is 11.5 Å². The topological polar surface area (TPSA) is 97.1 Å². The van der Waals surface area contributed by atoms with Crippen molar-refractivity contribution in [1.29, 1.82) is 0 Å². The molecular weight excluding hydrogens is 280 g/mol. The summed E-state index contributed by atoms with van der Waals surface area (Å²) in [6.07, 6.45) is 8.87. The molecule has 1 atom stereocenters. The number of carboxylic acids is 1. The molecule has 106 valence electrons. The summed E-state index contributed by atoms with van der Waals surface area (Å²) in [7, 11) is 0. The van der Waals surface area contributed by atoms with E-state index >= 15 is 0 Å². The van der Waals surface area contributed by atoms with Crippen molar-refractivity contribution in [3.63, 3.8) is 0 Å². The maximum absolute atomic E-state index is 11.7. The molecule has 1 amide bonds. The SMILES string of the molecule is C#CCC(NC(=O)CSc1nncn1C1CC1)C(=O)O. The van der Waals surface area contributed by atoms with Gasteiger partial charge in [-0.15, -0.1) is 22.5 Å². The van der Waals surface area contributed by atoms with E-state index in [1.54, 1.807) is 6.33 Å². The maximum atomic E-state index is 11.7. The van der Waals surface area contributed by atoms with Crippen molar-refractivity contribution in [3.8, 4) is 12.3 Å². The summed E-state index contributed by atoms with van der Waals surface area (Å²) in [5.74, 6) is 0.788. The molecule has 1 saturated carbocycles. The third kappa shape index (κ3) is 3.74.